The number of aromatic nitrogens is 1. The molecule has 0 saturated carbocycles. The van der Waals surface area contributed by atoms with Crippen LogP contribution in [0.3, 0.4) is 0 Å². The highest BCUT2D eigenvalue weighted by Crippen LogP contribution is 2.27. The molecule has 100 valence electrons. The second-order valence-corrected chi connectivity index (χ2v) is 4.94. The van der Waals surface area contributed by atoms with Gasteiger partial charge < -0.3 is 20.8 Å². The Bertz CT molecular complexity index is 428. The predicted molar refractivity (Wildman–Crippen MR) is 70.6 cm³/mol. The van der Waals surface area contributed by atoms with E-state index in [0.717, 1.165) is 26.2 Å². The van der Waals surface area contributed by atoms with Gasteiger partial charge in [-0.3, -0.25) is 0 Å². The number of piperazine rings is 1. The second kappa shape index (κ2) is 5.51. The first-order chi connectivity index (χ1) is 8.61. The van der Waals surface area contributed by atoms with E-state index in [-0.39, 0.29) is 5.82 Å². The van der Waals surface area contributed by atoms with Gasteiger partial charge in [0.05, 0.1) is 7.11 Å². The molecule has 1 saturated heterocycles. The van der Waals surface area contributed by atoms with E-state index in [4.69, 9.17) is 10.5 Å². The molecule has 0 radical (unpaired) electrons. The fourth-order valence-corrected chi connectivity index (χ4v) is 2.47. The van der Waals surface area contributed by atoms with Crippen LogP contribution in [0.25, 0.3) is 0 Å². The molecule has 0 bridgehead atoms. The summed E-state index contributed by atoms with van der Waals surface area (Å²) in [7, 11) is 3.42. The van der Waals surface area contributed by atoms with E-state index in [9.17, 15) is 4.79 Å². The number of nitrogens with zero attached hydrogens (tertiary/aromatic N) is 3. The van der Waals surface area contributed by atoms with Crippen molar-refractivity contribution in [2.75, 3.05) is 51.5 Å². The molecule has 7 nitrogen and oxygen atoms in total. The number of hydrogen-bond donors (Lipinski definition) is 2. The van der Waals surface area contributed by atoms with Crippen LogP contribution >= 0.6 is 11.5 Å². The molecule has 2 rings (SSSR count). The minimum Gasteiger partial charge on any atom is -0.465 e. The highest BCUT2D eigenvalue weighted by Gasteiger charge is 2.22. The van der Waals surface area contributed by atoms with Crippen LogP contribution in [0.2, 0.25) is 0 Å². The number of likely N-dealkylation sites (N-methyl/N-ethyl adjacent to an activating group) is 1. The number of nitrogens with two attached hydrogens (primary N) is 1. The molecule has 0 atom stereocenters. The Hall–Kier alpha value is -1.38. The van der Waals surface area contributed by atoms with Gasteiger partial charge >= 0.3 is 5.97 Å². The molecule has 1 aromatic heterocycles. The third kappa shape index (κ3) is 2.71. The van der Waals surface area contributed by atoms with Crippen molar-refractivity contribution < 1.29 is 9.53 Å². The molecule has 0 aromatic carbocycles. The monoisotopic (exact) mass is 271 g/mol. The first kappa shape index (κ1) is 13.1. The first-order valence-electron chi connectivity index (χ1n) is 5.65. The quantitative estimate of drug-likeness (QED) is 0.753. The van der Waals surface area contributed by atoms with Gasteiger partial charge in [0.25, 0.3) is 0 Å². The zero-order chi connectivity index (χ0) is 13.1. The third-order valence-electron chi connectivity index (χ3n) is 2.87. The summed E-state index contributed by atoms with van der Waals surface area (Å²) < 4.78 is 8.69. The summed E-state index contributed by atoms with van der Waals surface area (Å²) in [6.45, 7) is 3.73. The van der Waals surface area contributed by atoms with Crippen molar-refractivity contribution in [3.63, 3.8) is 0 Å². The van der Waals surface area contributed by atoms with Crippen LogP contribution < -0.4 is 11.2 Å². The van der Waals surface area contributed by atoms with Crippen molar-refractivity contribution in [2.45, 2.75) is 0 Å². The van der Waals surface area contributed by atoms with Crippen LogP contribution in [-0.4, -0.2) is 60.6 Å². The summed E-state index contributed by atoms with van der Waals surface area (Å²) in [6.07, 6.45) is 0. The van der Waals surface area contributed by atoms with E-state index in [2.05, 4.69) is 26.8 Å². The molecular formula is C10H17N5O2S. The summed E-state index contributed by atoms with van der Waals surface area (Å²) in [6, 6.07) is 0. The Kier molecular flexibility index (Phi) is 4.00. The lowest BCUT2D eigenvalue weighted by Crippen LogP contribution is -2.47. The number of rotatable bonds is 3. The Labute approximate surface area is 110 Å². The van der Waals surface area contributed by atoms with Gasteiger partial charge in [-0.05, 0) is 18.6 Å². The van der Waals surface area contributed by atoms with Crippen molar-refractivity contribution in [3.8, 4) is 0 Å². The van der Waals surface area contributed by atoms with Gasteiger partial charge in [0.15, 0.2) is 5.82 Å². The van der Waals surface area contributed by atoms with Crippen LogP contribution in [0.5, 0.6) is 0 Å². The number of hydrogen-bond acceptors (Lipinski definition) is 8. The number of carbonyl (C=O) groups is 1. The fraction of sp³-hybridized carbons (Fsp3) is 0.600. The van der Waals surface area contributed by atoms with Crippen LogP contribution in [0.4, 0.5) is 10.8 Å². The number of anilines is 2. The molecule has 1 aliphatic rings. The van der Waals surface area contributed by atoms with Crippen LogP contribution in [0, 0.1) is 0 Å². The Morgan fingerprint density at radius 1 is 1.44 bits per heavy atom. The van der Waals surface area contributed by atoms with Gasteiger partial charge in [-0.25, -0.2) is 9.80 Å². The van der Waals surface area contributed by atoms with Crippen molar-refractivity contribution >= 4 is 28.3 Å². The van der Waals surface area contributed by atoms with E-state index in [1.165, 1.54) is 18.6 Å². The topological polar surface area (TPSA) is 83.7 Å². The summed E-state index contributed by atoms with van der Waals surface area (Å²) in [5.74, 6) is -0.249. The van der Waals surface area contributed by atoms with E-state index < -0.39 is 5.97 Å². The van der Waals surface area contributed by atoms with Gasteiger partial charge in [0.2, 0.25) is 0 Å². The molecule has 8 heteroatoms. The maximum atomic E-state index is 11.6. The summed E-state index contributed by atoms with van der Waals surface area (Å²) in [5, 5.41) is 2.70. The van der Waals surface area contributed by atoms with Gasteiger partial charge in [-0.1, -0.05) is 0 Å². The van der Waals surface area contributed by atoms with Crippen molar-refractivity contribution in [2.24, 2.45) is 0 Å². The third-order valence-corrected chi connectivity index (χ3v) is 3.64. The van der Waals surface area contributed by atoms with E-state index in [0.29, 0.717) is 10.6 Å². The van der Waals surface area contributed by atoms with E-state index in [1.807, 2.05) is 0 Å². The SMILES string of the molecule is COC(=O)c1c(N)nsc1NN1CCN(C)CC1. The summed E-state index contributed by atoms with van der Waals surface area (Å²) in [5.41, 5.74) is 9.19. The Morgan fingerprint density at radius 2 is 2.11 bits per heavy atom. The standard InChI is InChI=1S/C10H17N5O2S/c1-14-3-5-15(6-4-14)12-9-7(10(16)17-2)8(11)13-18-9/h12H,3-6H2,1-2H3,(H2,11,13). The Balaban J connectivity index is 2.07. The zero-order valence-corrected chi connectivity index (χ0v) is 11.3. The molecule has 1 fully saturated rings. The van der Waals surface area contributed by atoms with Crippen molar-refractivity contribution in [3.05, 3.63) is 5.56 Å². The van der Waals surface area contributed by atoms with Gasteiger partial charge in [0.1, 0.15) is 10.6 Å². The molecule has 0 unspecified atom stereocenters. The Morgan fingerprint density at radius 3 is 2.72 bits per heavy atom. The minimum absolute atomic E-state index is 0.212. The average Bonchev–Trinajstić information content (AvgIpc) is 2.72. The maximum absolute atomic E-state index is 11.6. The molecule has 1 aliphatic heterocycles. The molecule has 0 amide bonds. The minimum atomic E-state index is -0.460. The number of nitrogens with one attached hydrogen (secondary N) is 1. The normalized spacial score (nSPS) is 17.7. The van der Waals surface area contributed by atoms with Gasteiger partial charge in [-0.2, -0.15) is 4.37 Å². The largest absolute Gasteiger partial charge is 0.465 e. The van der Waals surface area contributed by atoms with Crippen molar-refractivity contribution in [1.29, 1.82) is 0 Å². The maximum Gasteiger partial charge on any atom is 0.344 e. The smallest absolute Gasteiger partial charge is 0.344 e. The predicted octanol–water partition coefficient (Wildman–Crippen LogP) is 0.0862. The lowest BCUT2D eigenvalue weighted by Gasteiger charge is -2.32. The molecule has 18 heavy (non-hydrogen) atoms. The van der Waals surface area contributed by atoms with E-state index >= 15 is 0 Å². The average molecular weight is 271 g/mol. The van der Waals surface area contributed by atoms with Gasteiger partial charge in [0, 0.05) is 26.2 Å². The van der Waals surface area contributed by atoms with E-state index in [1.54, 1.807) is 0 Å². The second-order valence-electron chi connectivity index (χ2n) is 4.17. The van der Waals surface area contributed by atoms with Crippen LogP contribution in [0.1, 0.15) is 10.4 Å². The number of hydrazine groups is 1. The van der Waals surface area contributed by atoms with Gasteiger partial charge in [-0.15, -0.1) is 0 Å². The molecule has 2 heterocycles. The number of carbonyl (C=O) groups excluding carboxylic acids is 1. The lowest BCUT2D eigenvalue weighted by atomic mass is 10.3. The number of ether oxygens (including phenoxy) is 1. The highest BCUT2D eigenvalue weighted by molar-refractivity contribution is 7.11. The lowest BCUT2D eigenvalue weighted by molar-refractivity contribution is 0.0602. The number of methoxy groups -OCH3 is 1. The summed E-state index contributed by atoms with van der Waals surface area (Å²) >= 11 is 1.17. The zero-order valence-electron chi connectivity index (χ0n) is 10.5. The molecule has 1 aromatic rings. The molecular weight excluding hydrogens is 254 g/mol. The highest BCUT2D eigenvalue weighted by atomic mass is 32.1. The van der Waals surface area contributed by atoms with Crippen LogP contribution in [0.15, 0.2) is 0 Å². The van der Waals surface area contributed by atoms with Crippen LogP contribution in [-0.2, 0) is 4.74 Å². The van der Waals surface area contributed by atoms with Crippen molar-refractivity contribution in [1.82, 2.24) is 14.3 Å². The number of nitrogen functional groups attached to an aromatic ring is 1. The fourth-order valence-electron chi connectivity index (χ4n) is 1.74. The summed E-state index contributed by atoms with van der Waals surface area (Å²) in [4.78, 5) is 13.9. The molecule has 3 N–H and O–H groups in total. The molecule has 0 aliphatic carbocycles. The number of esters is 1. The molecule has 0 spiro atoms. The first-order valence-corrected chi connectivity index (χ1v) is 6.42.